The van der Waals surface area contributed by atoms with Crippen LogP contribution in [0.4, 0.5) is 0 Å². The van der Waals surface area contributed by atoms with Gasteiger partial charge in [-0.1, -0.05) is 17.3 Å². The molecule has 2 aromatic heterocycles. The third-order valence-electron chi connectivity index (χ3n) is 4.44. The van der Waals surface area contributed by atoms with Gasteiger partial charge in [-0.05, 0) is 31.9 Å². The summed E-state index contributed by atoms with van der Waals surface area (Å²) in [6, 6.07) is 7.55. The van der Waals surface area contributed by atoms with Gasteiger partial charge in [0.15, 0.2) is 23.3 Å². The van der Waals surface area contributed by atoms with Crippen LogP contribution in [0.1, 0.15) is 27.5 Å². The molecule has 1 aliphatic rings. The highest BCUT2D eigenvalue weighted by Gasteiger charge is 2.22. The van der Waals surface area contributed by atoms with Crippen LogP contribution in [-0.4, -0.2) is 45.1 Å². The molecule has 0 saturated heterocycles. The summed E-state index contributed by atoms with van der Waals surface area (Å²) in [5.41, 5.74) is 3.21. The Morgan fingerprint density at radius 3 is 3.04 bits per heavy atom. The smallest absolute Gasteiger partial charge is 0.273 e. The van der Waals surface area contributed by atoms with Crippen LogP contribution in [0.2, 0.25) is 0 Å². The molecular formula is C19H21N5O3S. The number of nitrogens with zero attached hydrogens (tertiary/aromatic N) is 4. The number of aryl methyl sites for hydroxylation is 2. The van der Waals surface area contributed by atoms with E-state index in [0.29, 0.717) is 31.1 Å². The largest absolute Gasteiger partial charge is 0.486 e. The molecule has 0 bridgehead atoms. The van der Waals surface area contributed by atoms with Gasteiger partial charge in [0.1, 0.15) is 6.61 Å². The molecule has 28 heavy (non-hydrogen) atoms. The molecule has 0 radical (unpaired) electrons. The summed E-state index contributed by atoms with van der Waals surface area (Å²) in [5, 5.41) is 10.9. The zero-order valence-electron chi connectivity index (χ0n) is 15.5. The Balaban J connectivity index is 1.25. The fourth-order valence-corrected chi connectivity index (χ4v) is 3.78. The normalized spacial score (nSPS) is 15.4. The first-order valence-corrected chi connectivity index (χ1v) is 10.0. The summed E-state index contributed by atoms with van der Waals surface area (Å²) < 4.78 is 13.2. The van der Waals surface area contributed by atoms with Crippen molar-refractivity contribution in [3.63, 3.8) is 0 Å². The first-order chi connectivity index (χ1) is 13.7. The molecule has 3 aromatic rings. The maximum Gasteiger partial charge on any atom is 0.273 e. The summed E-state index contributed by atoms with van der Waals surface area (Å²) >= 11 is 1.65. The topological polar surface area (TPSA) is 91.2 Å². The fraction of sp³-hybridized carbons (Fsp3) is 0.368. The molecule has 1 atom stereocenters. The number of para-hydroxylation sites is 2. The van der Waals surface area contributed by atoms with Gasteiger partial charge in [-0.3, -0.25) is 4.79 Å². The van der Waals surface area contributed by atoms with Crippen molar-refractivity contribution in [1.29, 1.82) is 0 Å². The number of carbonyl (C=O) groups is 1. The van der Waals surface area contributed by atoms with E-state index in [4.69, 9.17) is 9.47 Å². The molecule has 1 aliphatic heterocycles. The molecule has 1 amide bonds. The minimum absolute atomic E-state index is 0.185. The molecule has 146 valence electrons. The zero-order chi connectivity index (χ0) is 19.3. The van der Waals surface area contributed by atoms with Crippen molar-refractivity contribution >= 4 is 17.2 Å². The average molecular weight is 399 g/mol. The molecule has 8 nitrogen and oxygen atoms in total. The number of carbonyl (C=O) groups excluding carboxylic acids is 1. The first kappa shape index (κ1) is 18.4. The van der Waals surface area contributed by atoms with Gasteiger partial charge in [0.2, 0.25) is 0 Å². The van der Waals surface area contributed by atoms with Gasteiger partial charge in [0, 0.05) is 11.4 Å². The number of hydrogen-bond acceptors (Lipinski definition) is 7. The van der Waals surface area contributed by atoms with Gasteiger partial charge in [-0.2, -0.15) is 0 Å². The van der Waals surface area contributed by atoms with Crippen molar-refractivity contribution in [2.24, 2.45) is 0 Å². The predicted molar refractivity (Wildman–Crippen MR) is 104 cm³/mol. The number of ether oxygens (including phenoxy) is 2. The number of amides is 1. The molecule has 1 N–H and O–H groups in total. The molecule has 0 spiro atoms. The highest BCUT2D eigenvalue weighted by atomic mass is 32.1. The number of thiazole rings is 1. The van der Waals surface area contributed by atoms with Crippen molar-refractivity contribution < 1.29 is 14.3 Å². The van der Waals surface area contributed by atoms with Gasteiger partial charge in [0.05, 0.1) is 23.9 Å². The number of rotatable bonds is 7. The van der Waals surface area contributed by atoms with Gasteiger partial charge in [-0.25, -0.2) is 9.67 Å². The van der Waals surface area contributed by atoms with Crippen LogP contribution in [0.25, 0.3) is 0 Å². The van der Waals surface area contributed by atoms with E-state index in [1.165, 1.54) is 4.88 Å². The van der Waals surface area contributed by atoms with E-state index in [9.17, 15) is 4.79 Å². The van der Waals surface area contributed by atoms with Crippen molar-refractivity contribution in [3.8, 4) is 11.5 Å². The highest BCUT2D eigenvalue weighted by Crippen LogP contribution is 2.31. The lowest BCUT2D eigenvalue weighted by atomic mass is 10.2. The number of fused-ring (bicyclic) bond motifs is 1. The summed E-state index contributed by atoms with van der Waals surface area (Å²) in [6.45, 7) is 3.47. The standard InChI is InChI=1S/C19H21N5O3S/c1-13-18(28-12-21-13)7-4-8-20-19(25)15-10-24(23-22-15)9-14-11-26-16-5-2-3-6-17(16)27-14/h2-3,5-6,10,12,14H,4,7-9,11H2,1H3,(H,20,25)/t14-/m0/s1. The average Bonchev–Trinajstić information content (AvgIpc) is 3.34. The van der Waals surface area contributed by atoms with E-state index in [2.05, 4.69) is 20.6 Å². The molecule has 3 heterocycles. The molecule has 0 fully saturated rings. The van der Waals surface area contributed by atoms with Crippen molar-refractivity contribution in [2.45, 2.75) is 32.4 Å². The summed E-state index contributed by atoms with van der Waals surface area (Å²) in [4.78, 5) is 17.7. The molecule has 1 aromatic carbocycles. The van der Waals surface area contributed by atoms with Crippen molar-refractivity contribution in [2.75, 3.05) is 13.2 Å². The molecule has 9 heteroatoms. The van der Waals surface area contributed by atoms with E-state index in [0.717, 1.165) is 24.3 Å². The van der Waals surface area contributed by atoms with E-state index < -0.39 is 0 Å². The third-order valence-corrected chi connectivity index (χ3v) is 5.44. The van der Waals surface area contributed by atoms with Crippen LogP contribution in [0.5, 0.6) is 11.5 Å². The predicted octanol–water partition coefficient (Wildman–Crippen LogP) is 2.25. The number of aromatic nitrogens is 4. The summed E-state index contributed by atoms with van der Waals surface area (Å²) in [6.07, 6.45) is 3.21. The van der Waals surface area contributed by atoms with Crippen molar-refractivity contribution in [1.82, 2.24) is 25.3 Å². The van der Waals surface area contributed by atoms with Crippen LogP contribution in [0.3, 0.4) is 0 Å². The SMILES string of the molecule is Cc1ncsc1CCCNC(=O)c1cn(C[C@H]2COc3ccccc3O2)nn1. The van der Waals surface area contributed by atoms with Gasteiger partial charge in [0.25, 0.3) is 5.91 Å². The number of nitrogens with one attached hydrogen (secondary N) is 1. The second-order valence-electron chi connectivity index (χ2n) is 6.54. The molecule has 0 saturated carbocycles. The second kappa shape index (κ2) is 8.39. The lowest BCUT2D eigenvalue weighted by Crippen LogP contribution is -2.33. The second-order valence-corrected chi connectivity index (χ2v) is 7.48. The zero-order valence-corrected chi connectivity index (χ0v) is 16.3. The lowest BCUT2D eigenvalue weighted by Gasteiger charge is -2.26. The molecule has 0 aliphatic carbocycles. The number of hydrogen-bond donors (Lipinski definition) is 1. The van der Waals surface area contributed by atoms with Crippen LogP contribution < -0.4 is 14.8 Å². The Kier molecular flexibility index (Phi) is 5.52. The maximum absolute atomic E-state index is 12.2. The quantitative estimate of drug-likeness (QED) is 0.613. The Bertz CT molecular complexity index is 954. The van der Waals surface area contributed by atoms with Gasteiger partial charge >= 0.3 is 0 Å². The van der Waals surface area contributed by atoms with E-state index in [1.54, 1.807) is 22.2 Å². The highest BCUT2D eigenvalue weighted by molar-refractivity contribution is 7.09. The van der Waals surface area contributed by atoms with E-state index in [-0.39, 0.29) is 12.0 Å². The monoisotopic (exact) mass is 399 g/mol. The van der Waals surface area contributed by atoms with Crippen molar-refractivity contribution in [3.05, 3.63) is 52.2 Å². The lowest BCUT2D eigenvalue weighted by molar-refractivity contribution is 0.0754. The summed E-state index contributed by atoms with van der Waals surface area (Å²) in [7, 11) is 0. The van der Waals surface area contributed by atoms with Gasteiger partial charge in [-0.15, -0.1) is 16.4 Å². The van der Waals surface area contributed by atoms with Crippen LogP contribution in [0, 0.1) is 6.92 Å². The first-order valence-electron chi connectivity index (χ1n) is 9.15. The van der Waals surface area contributed by atoms with Crippen LogP contribution in [0.15, 0.2) is 36.0 Å². The summed E-state index contributed by atoms with van der Waals surface area (Å²) in [5.74, 6) is 1.23. The molecule has 4 rings (SSSR count). The Hall–Kier alpha value is -2.94. The Morgan fingerprint density at radius 2 is 2.21 bits per heavy atom. The minimum atomic E-state index is -0.224. The third kappa shape index (κ3) is 4.30. The minimum Gasteiger partial charge on any atom is -0.486 e. The molecule has 0 unspecified atom stereocenters. The molecular weight excluding hydrogens is 378 g/mol. The van der Waals surface area contributed by atoms with E-state index >= 15 is 0 Å². The Morgan fingerprint density at radius 1 is 1.36 bits per heavy atom. The van der Waals surface area contributed by atoms with Gasteiger partial charge < -0.3 is 14.8 Å². The fourth-order valence-electron chi connectivity index (χ4n) is 2.96. The Labute approximate surface area is 166 Å². The van der Waals surface area contributed by atoms with E-state index in [1.807, 2.05) is 36.7 Å². The van der Waals surface area contributed by atoms with Crippen LogP contribution >= 0.6 is 11.3 Å². The number of benzene rings is 1. The maximum atomic E-state index is 12.2. The van der Waals surface area contributed by atoms with Crippen LogP contribution in [-0.2, 0) is 13.0 Å².